The Kier molecular flexibility index (Phi) is 4.75. The maximum atomic E-state index is 13.9. The fourth-order valence-electron chi connectivity index (χ4n) is 2.01. The summed E-state index contributed by atoms with van der Waals surface area (Å²) in [6.07, 6.45) is -6.41. The van der Waals surface area contributed by atoms with Crippen molar-refractivity contribution in [2.24, 2.45) is 0 Å². The second-order valence-corrected chi connectivity index (χ2v) is 5.00. The molecule has 9 nitrogen and oxygen atoms in total. The van der Waals surface area contributed by atoms with Crippen LogP contribution in [0.3, 0.4) is 0 Å². The van der Waals surface area contributed by atoms with E-state index in [0.29, 0.717) is 4.57 Å². The number of aromatic nitrogens is 2. The van der Waals surface area contributed by atoms with E-state index in [1.807, 2.05) is 0 Å². The molecule has 1 fully saturated rings. The molecule has 1 aliphatic rings. The van der Waals surface area contributed by atoms with Crippen molar-refractivity contribution in [1.29, 1.82) is 0 Å². The number of nitrogens with one attached hydrogen (secondary N) is 1. The highest BCUT2D eigenvalue weighted by Crippen LogP contribution is 2.41. The van der Waals surface area contributed by atoms with Crippen LogP contribution in [0.1, 0.15) is 13.2 Å². The topological polar surface area (TPSA) is 134 Å². The van der Waals surface area contributed by atoms with E-state index >= 15 is 0 Å². The van der Waals surface area contributed by atoms with E-state index in [1.165, 1.54) is 6.92 Å². The average molecular weight is 335 g/mol. The first-order valence-corrected chi connectivity index (χ1v) is 6.58. The normalized spacial score (nSPS) is 27.7. The second kappa shape index (κ2) is 6.28. The number of aliphatic hydroxyl groups is 3. The Morgan fingerprint density at radius 3 is 2.74 bits per heavy atom. The molecule has 0 aromatic carbocycles. The molecule has 0 spiro atoms. The molecule has 4 atom stereocenters. The molecule has 1 aliphatic heterocycles. The van der Waals surface area contributed by atoms with Crippen LogP contribution in [0.2, 0.25) is 0 Å². The van der Waals surface area contributed by atoms with Crippen molar-refractivity contribution < 1.29 is 33.6 Å². The third-order valence-corrected chi connectivity index (χ3v) is 3.27. The van der Waals surface area contributed by atoms with Crippen LogP contribution in [0, 0.1) is 0 Å². The predicted octanol–water partition coefficient (Wildman–Crippen LogP) is -1.55. The van der Waals surface area contributed by atoms with Crippen LogP contribution in [0.25, 0.3) is 0 Å². The Bertz CT molecular complexity index is 650. The number of alkyl halides is 2. The predicted molar refractivity (Wildman–Crippen MR) is 70.8 cm³/mol. The van der Waals surface area contributed by atoms with Crippen molar-refractivity contribution in [3.8, 4) is 0 Å². The first-order valence-electron chi connectivity index (χ1n) is 6.58. The minimum absolute atomic E-state index is 0.238. The monoisotopic (exact) mass is 335 g/mol. The zero-order valence-corrected chi connectivity index (χ0v) is 11.9. The quantitative estimate of drug-likeness (QED) is 0.523. The zero-order chi connectivity index (χ0) is 17.4. The van der Waals surface area contributed by atoms with E-state index in [2.05, 4.69) is 10.3 Å². The van der Waals surface area contributed by atoms with E-state index in [1.54, 1.807) is 0 Å². The van der Waals surface area contributed by atoms with E-state index in [-0.39, 0.29) is 5.82 Å². The summed E-state index contributed by atoms with van der Waals surface area (Å²) < 4.78 is 33.1. The van der Waals surface area contributed by atoms with Gasteiger partial charge in [-0.05, 0) is 13.0 Å². The third kappa shape index (κ3) is 3.22. The van der Waals surface area contributed by atoms with Gasteiger partial charge in [-0.3, -0.25) is 9.36 Å². The van der Waals surface area contributed by atoms with E-state index in [4.69, 9.17) is 14.9 Å². The molecule has 1 saturated heterocycles. The van der Waals surface area contributed by atoms with Gasteiger partial charge < -0.3 is 25.4 Å². The summed E-state index contributed by atoms with van der Waals surface area (Å²) in [6, 6.07) is 1.06. The van der Waals surface area contributed by atoms with Gasteiger partial charge in [-0.25, -0.2) is 4.79 Å². The van der Waals surface area contributed by atoms with Crippen molar-refractivity contribution in [1.82, 2.24) is 9.55 Å². The summed E-state index contributed by atoms with van der Waals surface area (Å²) in [5.41, 5.74) is -1.16. The number of amides is 1. The maximum Gasteiger partial charge on any atom is 0.351 e. The molecule has 1 amide bonds. The zero-order valence-electron chi connectivity index (χ0n) is 11.9. The molecular formula is C12H15F2N3O6. The Labute approximate surface area is 128 Å². The van der Waals surface area contributed by atoms with Crippen LogP contribution in [0.4, 0.5) is 14.6 Å². The molecule has 2 rings (SSSR count). The van der Waals surface area contributed by atoms with Gasteiger partial charge in [0.25, 0.3) is 5.91 Å². The number of nitrogens with zero attached hydrogens (tertiary/aromatic N) is 2. The molecule has 128 valence electrons. The highest BCUT2D eigenvalue weighted by molar-refractivity contribution is 5.92. The third-order valence-electron chi connectivity index (χ3n) is 3.27. The first-order chi connectivity index (χ1) is 10.7. The SMILES string of the molecule is CC(O)C(=O)Nc1ccn(C2O[C@H](CO)[C@H](O)C2(F)F)c(=O)n1. The molecule has 23 heavy (non-hydrogen) atoms. The van der Waals surface area contributed by atoms with Crippen LogP contribution >= 0.6 is 0 Å². The molecular weight excluding hydrogens is 320 g/mol. The summed E-state index contributed by atoms with van der Waals surface area (Å²) in [4.78, 5) is 26.5. The van der Waals surface area contributed by atoms with E-state index in [0.717, 1.165) is 12.3 Å². The Morgan fingerprint density at radius 1 is 1.61 bits per heavy atom. The van der Waals surface area contributed by atoms with Gasteiger partial charge >= 0.3 is 11.6 Å². The number of hydrogen-bond donors (Lipinski definition) is 4. The number of rotatable bonds is 4. The Hall–Kier alpha value is -1.95. The van der Waals surface area contributed by atoms with Gasteiger partial charge in [0, 0.05) is 6.20 Å². The number of halogens is 2. The summed E-state index contributed by atoms with van der Waals surface area (Å²) >= 11 is 0. The Balaban J connectivity index is 2.28. The molecule has 0 bridgehead atoms. The highest BCUT2D eigenvalue weighted by Gasteiger charge is 2.59. The lowest BCUT2D eigenvalue weighted by atomic mass is 10.1. The van der Waals surface area contributed by atoms with Crippen LogP contribution in [-0.4, -0.2) is 61.6 Å². The highest BCUT2D eigenvalue weighted by atomic mass is 19.3. The summed E-state index contributed by atoms with van der Waals surface area (Å²) in [7, 11) is 0. The van der Waals surface area contributed by atoms with Crippen LogP contribution < -0.4 is 11.0 Å². The number of carbonyl (C=O) groups is 1. The van der Waals surface area contributed by atoms with Crippen molar-refractivity contribution in [3.05, 3.63) is 22.7 Å². The number of anilines is 1. The van der Waals surface area contributed by atoms with E-state index < -0.39 is 48.7 Å². The molecule has 2 unspecified atom stereocenters. The van der Waals surface area contributed by atoms with Gasteiger partial charge in [0.2, 0.25) is 6.23 Å². The summed E-state index contributed by atoms with van der Waals surface area (Å²) in [6.45, 7) is 0.345. The van der Waals surface area contributed by atoms with Gasteiger partial charge in [0.1, 0.15) is 18.0 Å². The Morgan fingerprint density at radius 2 is 2.26 bits per heavy atom. The molecule has 1 aromatic heterocycles. The second-order valence-electron chi connectivity index (χ2n) is 5.00. The number of aliphatic hydroxyl groups excluding tert-OH is 3. The largest absolute Gasteiger partial charge is 0.394 e. The fourth-order valence-corrected chi connectivity index (χ4v) is 2.01. The lowest BCUT2D eigenvalue weighted by Gasteiger charge is -2.21. The van der Waals surface area contributed by atoms with Gasteiger partial charge in [-0.15, -0.1) is 0 Å². The average Bonchev–Trinajstić information content (AvgIpc) is 2.70. The lowest BCUT2D eigenvalue weighted by molar-refractivity contribution is -0.141. The minimum Gasteiger partial charge on any atom is -0.394 e. The molecule has 2 heterocycles. The lowest BCUT2D eigenvalue weighted by Crippen LogP contribution is -2.41. The van der Waals surface area contributed by atoms with E-state index in [9.17, 15) is 23.5 Å². The summed E-state index contributed by atoms with van der Waals surface area (Å²) in [5.74, 6) is -4.88. The maximum absolute atomic E-state index is 13.9. The van der Waals surface area contributed by atoms with Gasteiger partial charge in [-0.2, -0.15) is 13.8 Å². The minimum atomic E-state index is -3.82. The first kappa shape index (κ1) is 17.4. The number of ether oxygens (including phenoxy) is 1. The van der Waals surface area contributed by atoms with Crippen molar-refractivity contribution in [2.75, 3.05) is 11.9 Å². The summed E-state index contributed by atoms with van der Waals surface area (Å²) in [5, 5.41) is 29.5. The number of hydrogen-bond acceptors (Lipinski definition) is 7. The fraction of sp³-hybridized carbons (Fsp3) is 0.583. The molecule has 11 heteroatoms. The van der Waals surface area contributed by atoms with Crippen molar-refractivity contribution in [3.63, 3.8) is 0 Å². The van der Waals surface area contributed by atoms with Crippen molar-refractivity contribution in [2.45, 2.75) is 37.4 Å². The van der Waals surface area contributed by atoms with Gasteiger partial charge in [0.05, 0.1) is 6.61 Å². The molecule has 0 radical (unpaired) electrons. The van der Waals surface area contributed by atoms with Crippen molar-refractivity contribution >= 4 is 11.7 Å². The van der Waals surface area contributed by atoms with Crippen LogP contribution in [-0.2, 0) is 9.53 Å². The molecule has 4 N–H and O–H groups in total. The molecule has 0 saturated carbocycles. The molecule has 0 aliphatic carbocycles. The van der Waals surface area contributed by atoms with Crippen LogP contribution in [0.5, 0.6) is 0 Å². The van der Waals surface area contributed by atoms with Crippen LogP contribution in [0.15, 0.2) is 17.1 Å². The number of carbonyl (C=O) groups excluding carboxylic acids is 1. The molecule has 1 aromatic rings. The standard InChI is InChI=1S/C12H15F2N3O6/c1-5(19)9(21)15-7-2-3-17(11(22)16-7)10-12(13,14)8(20)6(4-18)23-10/h2-3,5-6,8,10,18-20H,4H2,1H3,(H,15,16,21,22)/t5?,6-,8+,10?/m1/s1. The van der Waals surface area contributed by atoms with Gasteiger partial charge in [-0.1, -0.05) is 0 Å². The smallest absolute Gasteiger partial charge is 0.351 e. The van der Waals surface area contributed by atoms with Gasteiger partial charge in [0.15, 0.2) is 6.10 Å².